The molecule has 6 aromatic carbocycles. The summed E-state index contributed by atoms with van der Waals surface area (Å²) in [6, 6.07) is 58.2. The number of nitrogens with one attached hydrogen (secondary N) is 2. The van der Waals surface area contributed by atoms with Gasteiger partial charge in [0.1, 0.15) is 0 Å². The summed E-state index contributed by atoms with van der Waals surface area (Å²) in [6.07, 6.45) is 2.21. The summed E-state index contributed by atoms with van der Waals surface area (Å²) in [7, 11) is 0. The van der Waals surface area contributed by atoms with Crippen molar-refractivity contribution in [1.82, 2.24) is 5.32 Å². The molecule has 0 radical (unpaired) electrons. The van der Waals surface area contributed by atoms with E-state index in [0.717, 1.165) is 61.8 Å². The zero-order valence-corrected chi connectivity index (χ0v) is 24.2. The van der Waals surface area contributed by atoms with E-state index in [2.05, 4.69) is 119 Å². The molecular formula is C41H31N3. The Hall–Kier alpha value is -5.93. The maximum atomic E-state index is 9.55. The second-order valence-electron chi connectivity index (χ2n) is 10.7. The lowest BCUT2D eigenvalue weighted by Gasteiger charge is -2.30. The molecule has 0 atom stereocenters. The van der Waals surface area contributed by atoms with Crippen LogP contribution in [0, 0.1) is 5.41 Å². The van der Waals surface area contributed by atoms with Crippen LogP contribution in [0.2, 0.25) is 0 Å². The largest absolute Gasteiger partial charge is 0.354 e. The third-order valence-corrected chi connectivity index (χ3v) is 7.86. The average molecular weight is 566 g/mol. The highest BCUT2D eigenvalue weighted by Crippen LogP contribution is 2.41. The van der Waals surface area contributed by atoms with Gasteiger partial charge in [-0.05, 0) is 59.2 Å². The molecule has 0 amide bonds. The van der Waals surface area contributed by atoms with Crippen molar-refractivity contribution in [3.05, 3.63) is 198 Å². The fraction of sp³-hybridized carbons (Fsp3) is 0. The smallest absolute Gasteiger partial charge is 0.0711 e. The van der Waals surface area contributed by atoms with E-state index in [1.807, 2.05) is 66.7 Å². The van der Waals surface area contributed by atoms with Crippen molar-refractivity contribution in [2.45, 2.75) is 0 Å². The van der Waals surface area contributed by atoms with Crippen molar-refractivity contribution >= 4 is 45.8 Å². The number of para-hydroxylation sites is 2. The van der Waals surface area contributed by atoms with Gasteiger partial charge in [-0.2, -0.15) is 0 Å². The van der Waals surface area contributed by atoms with Crippen molar-refractivity contribution < 1.29 is 0 Å². The van der Waals surface area contributed by atoms with Crippen LogP contribution >= 0.6 is 0 Å². The average Bonchev–Trinajstić information content (AvgIpc) is 3.10. The van der Waals surface area contributed by atoms with Crippen LogP contribution in [-0.4, -0.2) is 5.71 Å². The van der Waals surface area contributed by atoms with E-state index in [4.69, 9.17) is 0 Å². The monoisotopic (exact) mass is 565 g/mol. The molecule has 2 N–H and O–H groups in total. The van der Waals surface area contributed by atoms with E-state index in [1.54, 1.807) is 0 Å². The number of rotatable bonds is 7. The van der Waals surface area contributed by atoms with E-state index in [0.29, 0.717) is 5.71 Å². The number of hydrogen-bond acceptors (Lipinski definition) is 3. The Balaban J connectivity index is 1.49. The fourth-order valence-electron chi connectivity index (χ4n) is 5.76. The third-order valence-electron chi connectivity index (χ3n) is 7.86. The summed E-state index contributed by atoms with van der Waals surface area (Å²) < 4.78 is 0. The first-order valence-electron chi connectivity index (χ1n) is 14.8. The predicted octanol–water partition coefficient (Wildman–Crippen LogP) is 10.2. The normalized spacial score (nSPS) is 13.2. The van der Waals surface area contributed by atoms with E-state index >= 15 is 0 Å². The van der Waals surface area contributed by atoms with Crippen LogP contribution in [0.25, 0.3) is 23.0 Å². The maximum Gasteiger partial charge on any atom is 0.0711 e. The summed E-state index contributed by atoms with van der Waals surface area (Å²) in [5, 5.41) is 13.4. The minimum atomic E-state index is 0.466. The van der Waals surface area contributed by atoms with Crippen LogP contribution < -0.4 is 10.2 Å². The topological polar surface area (TPSA) is 39.1 Å². The molecule has 0 bridgehead atoms. The number of hydrogen-bond donors (Lipinski definition) is 2. The van der Waals surface area contributed by atoms with Gasteiger partial charge in [-0.3, -0.25) is 5.41 Å². The Morgan fingerprint density at radius 3 is 1.57 bits per heavy atom. The summed E-state index contributed by atoms with van der Waals surface area (Å²) in [5.41, 5.74) is 11.5. The lowest BCUT2D eigenvalue weighted by molar-refractivity contribution is 1.21. The molecule has 0 fully saturated rings. The molecule has 0 unspecified atom stereocenters. The Labute approximate surface area is 258 Å². The number of anilines is 3. The predicted molar refractivity (Wildman–Crippen MR) is 185 cm³/mol. The van der Waals surface area contributed by atoms with Gasteiger partial charge in [-0.25, -0.2) is 0 Å². The third kappa shape index (κ3) is 5.35. The summed E-state index contributed by atoms with van der Waals surface area (Å²) >= 11 is 0. The molecule has 1 heterocycles. The molecule has 44 heavy (non-hydrogen) atoms. The number of fused-ring (bicyclic) bond motifs is 1. The first kappa shape index (κ1) is 26.9. The van der Waals surface area contributed by atoms with Gasteiger partial charge >= 0.3 is 0 Å². The first-order valence-corrected chi connectivity index (χ1v) is 14.8. The number of nitrogens with zero attached hydrogens (tertiary/aromatic N) is 1. The van der Waals surface area contributed by atoms with Crippen LogP contribution in [0.4, 0.5) is 17.1 Å². The Morgan fingerprint density at radius 1 is 0.500 bits per heavy atom. The molecule has 3 nitrogen and oxygen atoms in total. The van der Waals surface area contributed by atoms with Crippen molar-refractivity contribution in [2.24, 2.45) is 0 Å². The summed E-state index contributed by atoms with van der Waals surface area (Å²) in [6.45, 7) is 0. The van der Waals surface area contributed by atoms with Crippen LogP contribution in [0.1, 0.15) is 27.8 Å². The van der Waals surface area contributed by atoms with Gasteiger partial charge < -0.3 is 10.2 Å². The molecule has 7 rings (SSSR count). The van der Waals surface area contributed by atoms with Gasteiger partial charge in [-0.15, -0.1) is 0 Å². The van der Waals surface area contributed by atoms with Crippen molar-refractivity contribution in [2.75, 3.05) is 4.90 Å². The molecule has 210 valence electrons. The molecule has 0 spiro atoms. The maximum absolute atomic E-state index is 9.55. The molecule has 3 heteroatoms. The van der Waals surface area contributed by atoms with E-state index in [-0.39, 0.29) is 0 Å². The van der Waals surface area contributed by atoms with E-state index in [1.165, 1.54) is 0 Å². The zero-order valence-electron chi connectivity index (χ0n) is 24.2. The fourth-order valence-corrected chi connectivity index (χ4v) is 5.76. The van der Waals surface area contributed by atoms with E-state index < -0.39 is 0 Å². The molecule has 0 aliphatic carbocycles. The molecule has 0 saturated heterocycles. The van der Waals surface area contributed by atoms with Gasteiger partial charge in [-0.1, -0.05) is 133 Å². The highest BCUT2D eigenvalue weighted by Gasteiger charge is 2.25. The van der Waals surface area contributed by atoms with Crippen molar-refractivity contribution in [3.63, 3.8) is 0 Å². The highest BCUT2D eigenvalue weighted by atomic mass is 15.1. The molecule has 6 aromatic rings. The highest BCUT2D eigenvalue weighted by molar-refractivity contribution is 6.36. The standard InChI is InChI=1S/C41H31N3/c42-40(32-20-10-3-11-21-32)39(31-18-8-2-9-19-31)41-37-29-36(27-26-33(37)28-38(43-41)30-16-6-1-7-17-30)44(34-22-12-4-13-23-34)35-24-14-5-15-25-35/h1-29,42-43H/b41-39-,42-40?. The summed E-state index contributed by atoms with van der Waals surface area (Å²) in [4.78, 5) is 2.28. The van der Waals surface area contributed by atoms with E-state index in [9.17, 15) is 5.41 Å². The van der Waals surface area contributed by atoms with Crippen LogP contribution in [0.5, 0.6) is 0 Å². The number of allylic oxidation sites excluding steroid dienone is 1. The van der Waals surface area contributed by atoms with Gasteiger partial charge in [0, 0.05) is 39.5 Å². The molecule has 1 aliphatic rings. The van der Waals surface area contributed by atoms with Crippen LogP contribution in [0.3, 0.4) is 0 Å². The lowest BCUT2D eigenvalue weighted by atomic mass is 9.87. The van der Waals surface area contributed by atoms with Gasteiger partial charge in [0.15, 0.2) is 0 Å². The van der Waals surface area contributed by atoms with Crippen molar-refractivity contribution in [1.29, 1.82) is 5.41 Å². The van der Waals surface area contributed by atoms with Gasteiger partial charge in [0.2, 0.25) is 0 Å². The van der Waals surface area contributed by atoms with Gasteiger partial charge in [0.05, 0.1) is 11.4 Å². The Bertz CT molecular complexity index is 1920. The lowest BCUT2D eigenvalue weighted by Crippen LogP contribution is -2.21. The Morgan fingerprint density at radius 2 is 1.00 bits per heavy atom. The number of benzene rings is 6. The molecular weight excluding hydrogens is 534 g/mol. The first-order chi connectivity index (χ1) is 21.8. The summed E-state index contributed by atoms with van der Waals surface area (Å²) in [5.74, 6) is 0. The second kappa shape index (κ2) is 12.1. The minimum absolute atomic E-state index is 0.466. The van der Waals surface area contributed by atoms with Crippen LogP contribution in [0.15, 0.2) is 170 Å². The molecule has 0 aromatic heterocycles. The van der Waals surface area contributed by atoms with Crippen LogP contribution in [-0.2, 0) is 0 Å². The second-order valence-corrected chi connectivity index (χ2v) is 10.7. The van der Waals surface area contributed by atoms with Gasteiger partial charge in [0.25, 0.3) is 0 Å². The van der Waals surface area contributed by atoms with Crippen molar-refractivity contribution in [3.8, 4) is 0 Å². The Kier molecular flexibility index (Phi) is 7.42. The molecule has 1 aliphatic heterocycles. The quantitative estimate of drug-likeness (QED) is 0.189. The SMILES string of the molecule is N=C(/C(=C1\NC(c2ccccc2)=Cc2ccc(N(c3ccccc3)c3ccccc3)cc21)c1ccccc1)c1ccccc1. The zero-order chi connectivity index (χ0) is 29.7. The minimum Gasteiger partial charge on any atom is -0.354 e. The molecule has 0 saturated carbocycles.